The van der Waals surface area contributed by atoms with Crippen molar-refractivity contribution in [2.45, 2.75) is 57.7 Å². The molecule has 1 aliphatic carbocycles. The fourth-order valence-corrected chi connectivity index (χ4v) is 2.06. The zero-order valence-corrected chi connectivity index (χ0v) is 10.3. The van der Waals surface area contributed by atoms with E-state index in [-0.39, 0.29) is 11.3 Å². The van der Waals surface area contributed by atoms with Crippen LogP contribution >= 0.6 is 0 Å². The van der Waals surface area contributed by atoms with Gasteiger partial charge in [-0.25, -0.2) is 0 Å². The van der Waals surface area contributed by atoms with Crippen LogP contribution in [-0.4, -0.2) is 16.0 Å². The second-order valence-corrected chi connectivity index (χ2v) is 5.74. The van der Waals surface area contributed by atoms with Crippen molar-refractivity contribution in [3.05, 3.63) is 17.5 Å². The monoisotopic (exact) mass is 246 g/mol. The molecule has 0 N–H and O–H groups in total. The molecule has 1 aromatic rings. The van der Waals surface area contributed by atoms with Gasteiger partial charge in [-0.05, 0) is 23.8 Å². The van der Waals surface area contributed by atoms with Gasteiger partial charge >= 0.3 is 6.18 Å². The number of rotatable bonds is 2. The summed E-state index contributed by atoms with van der Waals surface area (Å²) in [6.07, 6.45) is -0.649. The van der Waals surface area contributed by atoms with E-state index < -0.39 is 12.7 Å². The molecule has 0 saturated heterocycles. The van der Waals surface area contributed by atoms with Crippen molar-refractivity contribution in [1.29, 1.82) is 0 Å². The smallest absolute Gasteiger partial charge is 0.260 e. The van der Waals surface area contributed by atoms with Gasteiger partial charge in [0.25, 0.3) is 0 Å². The van der Waals surface area contributed by atoms with E-state index in [2.05, 4.69) is 5.10 Å². The largest absolute Gasteiger partial charge is 0.408 e. The molecule has 0 aromatic carbocycles. The minimum Gasteiger partial charge on any atom is -0.260 e. The predicted octanol–water partition coefficient (Wildman–Crippen LogP) is 3.62. The molecule has 96 valence electrons. The van der Waals surface area contributed by atoms with E-state index >= 15 is 0 Å². The number of hydrogen-bond acceptors (Lipinski definition) is 1. The first-order chi connectivity index (χ1) is 7.68. The molecule has 1 aliphatic rings. The van der Waals surface area contributed by atoms with Crippen LogP contribution in [0.1, 0.15) is 50.8 Å². The van der Waals surface area contributed by atoms with Crippen LogP contribution in [0.2, 0.25) is 0 Å². The highest BCUT2D eigenvalue weighted by Gasteiger charge is 2.37. The van der Waals surface area contributed by atoms with Crippen molar-refractivity contribution in [3.8, 4) is 0 Å². The van der Waals surface area contributed by atoms with E-state index in [1.54, 1.807) is 6.20 Å². The lowest BCUT2D eigenvalue weighted by atomic mass is 9.86. The highest BCUT2D eigenvalue weighted by Crippen LogP contribution is 2.44. The highest BCUT2D eigenvalue weighted by atomic mass is 19.4. The quantitative estimate of drug-likeness (QED) is 0.779. The molecule has 0 atom stereocenters. The maximum atomic E-state index is 12.5. The van der Waals surface area contributed by atoms with Crippen LogP contribution in [0.3, 0.4) is 0 Å². The summed E-state index contributed by atoms with van der Waals surface area (Å²) < 4.78 is 38.5. The van der Waals surface area contributed by atoms with Crippen LogP contribution in [0.5, 0.6) is 0 Å². The lowest BCUT2D eigenvalue weighted by Crippen LogP contribution is -2.21. The van der Waals surface area contributed by atoms with Crippen LogP contribution in [0.4, 0.5) is 13.2 Å². The molecule has 0 spiro atoms. The lowest BCUT2D eigenvalue weighted by molar-refractivity contribution is -0.143. The zero-order valence-electron chi connectivity index (χ0n) is 10.3. The van der Waals surface area contributed by atoms with E-state index in [0.717, 1.165) is 28.8 Å². The Kier molecular flexibility index (Phi) is 2.75. The third-order valence-electron chi connectivity index (χ3n) is 2.98. The minimum atomic E-state index is -4.20. The third kappa shape index (κ3) is 2.82. The second-order valence-electron chi connectivity index (χ2n) is 5.74. The van der Waals surface area contributed by atoms with Gasteiger partial charge in [0.05, 0.1) is 6.20 Å². The van der Waals surface area contributed by atoms with Crippen molar-refractivity contribution in [2.75, 3.05) is 0 Å². The van der Waals surface area contributed by atoms with Gasteiger partial charge in [0.1, 0.15) is 6.54 Å². The molecular weight excluding hydrogens is 229 g/mol. The second kappa shape index (κ2) is 3.75. The Balaban J connectivity index is 2.37. The van der Waals surface area contributed by atoms with Crippen LogP contribution in [0.15, 0.2) is 6.20 Å². The highest BCUT2D eigenvalue weighted by molar-refractivity contribution is 5.31. The summed E-state index contributed by atoms with van der Waals surface area (Å²) in [6.45, 7) is 5.05. The van der Waals surface area contributed by atoms with Gasteiger partial charge in [-0.1, -0.05) is 20.8 Å². The first-order valence-electron chi connectivity index (χ1n) is 5.81. The molecule has 0 aliphatic heterocycles. The third-order valence-corrected chi connectivity index (χ3v) is 2.98. The minimum absolute atomic E-state index is 0.151. The Morgan fingerprint density at radius 3 is 2.29 bits per heavy atom. The molecule has 5 heteroatoms. The normalized spacial score (nSPS) is 17.5. The van der Waals surface area contributed by atoms with Crippen molar-refractivity contribution < 1.29 is 13.2 Å². The Hall–Kier alpha value is -1.00. The fourth-order valence-electron chi connectivity index (χ4n) is 2.06. The van der Waals surface area contributed by atoms with Crippen LogP contribution in [0.25, 0.3) is 0 Å². The van der Waals surface area contributed by atoms with E-state index in [9.17, 15) is 13.2 Å². The van der Waals surface area contributed by atoms with E-state index in [0.29, 0.717) is 0 Å². The van der Waals surface area contributed by atoms with Gasteiger partial charge in [0.2, 0.25) is 0 Å². The predicted molar refractivity (Wildman–Crippen MR) is 59.0 cm³/mol. The van der Waals surface area contributed by atoms with Gasteiger partial charge in [-0.2, -0.15) is 18.3 Å². The maximum Gasteiger partial charge on any atom is 0.408 e. The topological polar surface area (TPSA) is 17.8 Å². The summed E-state index contributed by atoms with van der Waals surface area (Å²) in [7, 11) is 0. The Morgan fingerprint density at radius 1 is 1.29 bits per heavy atom. The average molecular weight is 246 g/mol. The summed E-state index contributed by atoms with van der Waals surface area (Å²) in [5, 5.41) is 3.93. The van der Waals surface area contributed by atoms with Crippen LogP contribution in [-0.2, 0) is 12.0 Å². The molecule has 1 heterocycles. The molecule has 0 amide bonds. The first-order valence-corrected chi connectivity index (χ1v) is 5.81. The van der Waals surface area contributed by atoms with Gasteiger partial charge in [0.15, 0.2) is 0 Å². The van der Waals surface area contributed by atoms with Crippen molar-refractivity contribution >= 4 is 0 Å². The standard InChI is InChI=1S/C12H17F3N2/c1-11(2,3)9-6-16-17(7-12(13,14)15)10(9)8-4-5-8/h6,8H,4-5,7H2,1-3H3. The molecule has 1 aromatic heterocycles. The van der Waals surface area contributed by atoms with E-state index in [4.69, 9.17) is 0 Å². The van der Waals surface area contributed by atoms with Gasteiger partial charge < -0.3 is 0 Å². The molecule has 2 rings (SSSR count). The van der Waals surface area contributed by atoms with E-state index in [1.165, 1.54) is 0 Å². The van der Waals surface area contributed by atoms with Crippen LogP contribution < -0.4 is 0 Å². The van der Waals surface area contributed by atoms with E-state index in [1.807, 2.05) is 20.8 Å². The summed E-state index contributed by atoms with van der Waals surface area (Å²) in [4.78, 5) is 0. The molecule has 0 radical (unpaired) electrons. The molecule has 1 saturated carbocycles. The molecular formula is C12H17F3N2. The van der Waals surface area contributed by atoms with Gasteiger partial charge in [0, 0.05) is 11.6 Å². The van der Waals surface area contributed by atoms with Crippen molar-refractivity contribution in [3.63, 3.8) is 0 Å². The number of hydrogen-bond donors (Lipinski definition) is 0. The summed E-state index contributed by atoms with van der Waals surface area (Å²) in [5.74, 6) is 0.272. The van der Waals surface area contributed by atoms with Gasteiger partial charge in [-0.15, -0.1) is 0 Å². The summed E-state index contributed by atoms with van der Waals surface area (Å²) >= 11 is 0. The molecule has 0 unspecified atom stereocenters. The Morgan fingerprint density at radius 2 is 1.88 bits per heavy atom. The van der Waals surface area contributed by atoms with Crippen molar-refractivity contribution in [2.24, 2.45) is 0 Å². The average Bonchev–Trinajstić information content (AvgIpc) is 2.84. The molecule has 0 bridgehead atoms. The zero-order chi connectivity index (χ0) is 12.8. The lowest BCUT2D eigenvalue weighted by Gasteiger charge is -2.20. The SMILES string of the molecule is CC(C)(C)c1cnn(CC(F)(F)F)c1C1CC1. The number of halogens is 3. The molecule has 1 fully saturated rings. The Labute approximate surface area is 98.8 Å². The van der Waals surface area contributed by atoms with Crippen molar-refractivity contribution in [1.82, 2.24) is 9.78 Å². The summed E-state index contributed by atoms with van der Waals surface area (Å²) in [5.41, 5.74) is 1.58. The number of alkyl halides is 3. The molecule has 17 heavy (non-hydrogen) atoms. The fraction of sp³-hybridized carbons (Fsp3) is 0.750. The summed E-state index contributed by atoms with van der Waals surface area (Å²) in [6, 6.07) is 0. The molecule has 2 nitrogen and oxygen atoms in total. The van der Waals surface area contributed by atoms with Gasteiger partial charge in [-0.3, -0.25) is 4.68 Å². The number of aromatic nitrogens is 2. The number of nitrogens with zero attached hydrogens (tertiary/aromatic N) is 2. The first kappa shape index (κ1) is 12.5. The van der Waals surface area contributed by atoms with Crippen LogP contribution in [0, 0.1) is 0 Å². The Bertz CT molecular complexity index is 408. The maximum absolute atomic E-state index is 12.5.